The molecule has 1 heterocycles. The minimum absolute atomic E-state index is 0.169. The summed E-state index contributed by atoms with van der Waals surface area (Å²) in [4.78, 5) is 12.4. The maximum atomic E-state index is 12.2. The van der Waals surface area contributed by atoms with Crippen molar-refractivity contribution in [2.24, 2.45) is 5.92 Å². The molecule has 7 nitrogen and oxygen atoms in total. The first-order valence-electron chi connectivity index (χ1n) is 7.34. The Bertz CT molecular complexity index is 686. The summed E-state index contributed by atoms with van der Waals surface area (Å²) >= 11 is 0. The van der Waals surface area contributed by atoms with E-state index in [1.54, 1.807) is 0 Å². The maximum absolute atomic E-state index is 12.2. The van der Waals surface area contributed by atoms with Gasteiger partial charge in [0.25, 0.3) is 0 Å². The van der Waals surface area contributed by atoms with Gasteiger partial charge in [-0.25, -0.2) is 13.2 Å². The van der Waals surface area contributed by atoms with Crippen LogP contribution in [0.15, 0.2) is 29.2 Å². The Hall–Kier alpha value is -2.11. The van der Waals surface area contributed by atoms with E-state index in [0.717, 1.165) is 12.8 Å². The number of sulfone groups is 1. The van der Waals surface area contributed by atoms with Gasteiger partial charge < -0.3 is 15.3 Å². The maximum Gasteiger partial charge on any atom is 0.407 e. The molecule has 0 unspecified atom stereocenters. The molecule has 0 radical (unpaired) electrons. The van der Waals surface area contributed by atoms with Gasteiger partial charge in [-0.3, -0.25) is 0 Å². The van der Waals surface area contributed by atoms with Crippen LogP contribution in [0.5, 0.6) is 0 Å². The predicted octanol–water partition coefficient (Wildman–Crippen LogP) is 1.27. The van der Waals surface area contributed by atoms with E-state index in [2.05, 4.69) is 5.32 Å². The average Bonchev–Trinajstić information content (AvgIpc) is 2.55. The largest absolute Gasteiger partial charge is 0.465 e. The summed E-state index contributed by atoms with van der Waals surface area (Å²) in [5.74, 6) is 0.111. The Morgan fingerprint density at radius 1 is 1.30 bits per heavy atom. The number of hydrogen-bond acceptors (Lipinski definition) is 5. The summed E-state index contributed by atoms with van der Waals surface area (Å²) in [5, 5.41) is 20.5. The van der Waals surface area contributed by atoms with Gasteiger partial charge in [0.2, 0.25) is 0 Å². The van der Waals surface area contributed by atoms with E-state index >= 15 is 0 Å². The van der Waals surface area contributed by atoms with E-state index in [1.807, 2.05) is 6.07 Å². The van der Waals surface area contributed by atoms with E-state index < -0.39 is 15.9 Å². The summed E-state index contributed by atoms with van der Waals surface area (Å²) in [6.45, 7) is 1.52. The lowest BCUT2D eigenvalue weighted by molar-refractivity contribution is 0.124. The summed E-state index contributed by atoms with van der Waals surface area (Å²) in [6.07, 6.45) is 0.562. The number of carbonyl (C=O) groups is 1. The minimum atomic E-state index is -3.44. The highest BCUT2D eigenvalue weighted by molar-refractivity contribution is 7.91. The highest BCUT2D eigenvalue weighted by Gasteiger charge is 2.22. The average molecular weight is 337 g/mol. The van der Waals surface area contributed by atoms with Crippen LogP contribution in [0.1, 0.15) is 18.4 Å². The van der Waals surface area contributed by atoms with Crippen molar-refractivity contribution >= 4 is 15.9 Å². The van der Waals surface area contributed by atoms with Gasteiger partial charge in [-0.2, -0.15) is 5.26 Å². The Labute approximate surface area is 135 Å². The van der Waals surface area contributed by atoms with Crippen molar-refractivity contribution in [3.8, 4) is 6.07 Å². The van der Waals surface area contributed by atoms with Gasteiger partial charge in [-0.05, 0) is 49.6 Å². The highest BCUT2D eigenvalue weighted by Crippen LogP contribution is 2.17. The van der Waals surface area contributed by atoms with Crippen molar-refractivity contribution in [3.05, 3.63) is 29.8 Å². The first-order valence-corrected chi connectivity index (χ1v) is 8.99. The molecular weight excluding hydrogens is 318 g/mol. The number of nitrogens with zero attached hydrogens (tertiary/aromatic N) is 2. The van der Waals surface area contributed by atoms with Crippen LogP contribution >= 0.6 is 0 Å². The first-order chi connectivity index (χ1) is 10.9. The monoisotopic (exact) mass is 337 g/mol. The molecule has 23 heavy (non-hydrogen) atoms. The summed E-state index contributed by atoms with van der Waals surface area (Å²) < 4.78 is 24.4. The molecule has 1 aromatic carbocycles. The number of nitrogens with one attached hydrogen (secondary N) is 1. The molecule has 2 N–H and O–H groups in total. The van der Waals surface area contributed by atoms with Crippen LogP contribution in [0.2, 0.25) is 0 Å². The van der Waals surface area contributed by atoms with Crippen LogP contribution in [-0.2, 0) is 9.84 Å². The number of amides is 1. The number of carboxylic acid groups (broad SMARTS) is 1. The van der Waals surface area contributed by atoms with Gasteiger partial charge in [-0.15, -0.1) is 0 Å². The molecule has 0 bridgehead atoms. The second-order valence-electron chi connectivity index (χ2n) is 5.56. The molecule has 0 atom stereocenters. The van der Waals surface area contributed by atoms with E-state index in [1.165, 1.54) is 29.2 Å². The molecule has 1 aliphatic rings. The standard InChI is InChI=1S/C15H19N3O4S/c16-9-12-1-3-14(4-2-12)23(21,22)11-17-10-13-5-7-18(8-6-13)15(19)20/h1-4,13,17H,5-8,10-11H2,(H,19,20). The van der Waals surface area contributed by atoms with Crippen molar-refractivity contribution in [1.82, 2.24) is 10.2 Å². The van der Waals surface area contributed by atoms with Crippen molar-refractivity contribution < 1.29 is 18.3 Å². The van der Waals surface area contributed by atoms with Crippen LogP contribution in [0.4, 0.5) is 4.79 Å². The van der Waals surface area contributed by atoms with Gasteiger partial charge in [0.1, 0.15) is 5.88 Å². The molecule has 124 valence electrons. The van der Waals surface area contributed by atoms with Crippen molar-refractivity contribution in [3.63, 3.8) is 0 Å². The van der Waals surface area contributed by atoms with E-state index in [-0.39, 0.29) is 16.7 Å². The Kier molecular flexibility index (Phi) is 5.58. The number of hydrogen-bond donors (Lipinski definition) is 2. The zero-order chi connectivity index (χ0) is 16.9. The van der Waals surface area contributed by atoms with E-state index in [9.17, 15) is 13.2 Å². The van der Waals surface area contributed by atoms with Gasteiger partial charge in [0.15, 0.2) is 9.84 Å². The molecule has 0 spiro atoms. The molecule has 2 rings (SSSR count). The zero-order valence-electron chi connectivity index (χ0n) is 12.6. The Balaban J connectivity index is 1.81. The number of likely N-dealkylation sites (tertiary alicyclic amines) is 1. The highest BCUT2D eigenvalue weighted by atomic mass is 32.2. The normalized spacial score (nSPS) is 16.0. The Morgan fingerprint density at radius 2 is 1.91 bits per heavy atom. The third-order valence-electron chi connectivity index (χ3n) is 3.95. The zero-order valence-corrected chi connectivity index (χ0v) is 13.4. The molecule has 1 saturated heterocycles. The number of nitriles is 1. The first kappa shape index (κ1) is 17.2. The fraction of sp³-hybridized carbons (Fsp3) is 0.467. The van der Waals surface area contributed by atoms with Gasteiger partial charge in [0, 0.05) is 13.1 Å². The van der Waals surface area contributed by atoms with Crippen molar-refractivity contribution in [2.75, 3.05) is 25.5 Å². The fourth-order valence-electron chi connectivity index (χ4n) is 2.55. The third-order valence-corrected chi connectivity index (χ3v) is 5.53. The topological polar surface area (TPSA) is 110 Å². The Morgan fingerprint density at radius 3 is 2.43 bits per heavy atom. The summed E-state index contributed by atoms with van der Waals surface area (Å²) in [6, 6.07) is 7.77. The molecule has 1 amide bonds. The fourth-order valence-corrected chi connectivity index (χ4v) is 3.65. The van der Waals surface area contributed by atoms with Gasteiger partial charge >= 0.3 is 6.09 Å². The number of piperidine rings is 1. The molecule has 1 aliphatic heterocycles. The third kappa shape index (κ3) is 4.68. The molecule has 8 heteroatoms. The summed E-state index contributed by atoms with van der Waals surface area (Å²) in [7, 11) is -3.44. The van der Waals surface area contributed by atoms with Crippen LogP contribution in [0.25, 0.3) is 0 Å². The quantitative estimate of drug-likeness (QED) is 0.837. The van der Waals surface area contributed by atoms with Crippen molar-refractivity contribution in [2.45, 2.75) is 17.7 Å². The lowest BCUT2D eigenvalue weighted by Crippen LogP contribution is -2.40. The summed E-state index contributed by atoms with van der Waals surface area (Å²) in [5.41, 5.74) is 0.419. The SMILES string of the molecule is N#Cc1ccc(S(=O)(=O)CNCC2CCN(C(=O)O)CC2)cc1. The second-order valence-corrected chi connectivity index (χ2v) is 7.55. The molecule has 0 aliphatic carbocycles. The lowest BCUT2D eigenvalue weighted by atomic mass is 9.97. The van der Waals surface area contributed by atoms with Crippen LogP contribution < -0.4 is 5.32 Å². The molecule has 0 saturated carbocycles. The van der Waals surface area contributed by atoms with Gasteiger partial charge in [0.05, 0.1) is 16.5 Å². The van der Waals surface area contributed by atoms with E-state index in [4.69, 9.17) is 10.4 Å². The smallest absolute Gasteiger partial charge is 0.407 e. The minimum Gasteiger partial charge on any atom is -0.465 e. The molecule has 1 aromatic rings. The van der Waals surface area contributed by atoms with E-state index in [0.29, 0.717) is 25.2 Å². The van der Waals surface area contributed by atoms with Crippen LogP contribution in [0, 0.1) is 17.2 Å². The molecule has 0 aromatic heterocycles. The molecular formula is C15H19N3O4S. The van der Waals surface area contributed by atoms with Crippen molar-refractivity contribution in [1.29, 1.82) is 5.26 Å². The van der Waals surface area contributed by atoms with Crippen LogP contribution in [0.3, 0.4) is 0 Å². The predicted molar refractivity (Wildman–Crippen MR) is 83.5 cm³/mol. The second kappa shape index (κ2) is 7.44. The van der Waals surface area contributed by atoms with Crippen LogP contribution in [-0.4, -0.2) is 50.0 Å². The lowest BCUT2D eigenvalue weighted by Gasteiger charge is -2.30. The molecule has 1 fully saturated rings. The van der Waals surface area contributed by atoms with Gasteiger partial charge in [-0.1, -0.05) is 0 Å². The number of rotatable bonds is 5. The number of benzene rings is 1.